The van der Waals surface area contributed by atoms with E-state index in [0.29, 0.717) is 6.04 Å². The summed E-state index contributed by atoms with van der Waals surface area (Å²) in [6.45, 7) is 3.29. The monoisotopic (exact) mass is 269 g/mol. The fraction of sp³-hybridized carbons (Fsp3) is 0.471. The van der Waals surface area contributed by atoms with Crippen molar-refractivity contribution in [3.05, 3.63) is 42.1 Å². The average Bonchev–Trinajstić information content (AvgIpc) is 3.18. The minimum atomic E-state index is 0.629. The summed E-state index contributed by atoms with van der Waals surface area (Å²) in [5, 5.41) is 10.7. The van der Waals surface area contributed by atoms with Crippen LogP contribution in [0.4, 0.5) is 0 Å². The lowest BCUT2D eigenvalue weighted by atomic mass is 9.99. The number of rotatable bonds is 5. The Hall–Kier alpha value is -1.61. The molecule has 106 valence electrons. The lowest BCUT2D eigenvalue weighted by Gasteiger charge is -2.20. The Morgan fingerprint density at radius 1 is 1.20 bits per heavy atom. The number of hydrogen-bond acceptors (Lipinski definition) is 2. The molecule has 2 aromatic rings. The Labute approximate surface area is 120 Å². The van der Waals surface area contributed by atoms with Crippen LogP contribution in [0.5, 0.6) is 0 Å². The van der Waals surface area contributed by atoms with Gasteiger partial charge in [0.15, 0.2) is 0 Å². The number of aromatic nitrogens is 2. The maximum atomic E-state index is 3.99. The Balaban J connectivity index is 1.55. The van der Waals surface area contributed by atoms with E-state index in [-0.39, 0.29) is 0 Å². The molecule has 1 unspecified atom stereocenters. The van der Waals surface area contributed by atoms with E-state index in [1.54, 1.807) is 6.20 Å². The van der Waals surface area contributed by atoms with Crippen molar-refractivity contribution in [1.29, 1.82) is 0 Å². The van der Waals surface area contributed by atoms with Gasteiger partial charge in [-0.2, -0.15) is 5.10 Å². The Bertz CT molecular complexity index is 510. The van der Waals surface area contributed by atoms with E-state index in [2.05, 4.69) is 46.7 Å². The van der Waals surface area contributed by atoms with E-state index in [1.165, 1.54) is 36.8 Å². The van der Waals surface area contributed by atoms with Gasteiger partial charge in [-0.3, -0.25) is 5.10 Å². The summed E-state index contributed by atoms with van der Waals surface area (Å²) in [5.74, 6) is 0.874. The molecule has 1 aliphatic rings. The molecule has 0 saturated heterocycles. The molecule has 0 radical (unpaired) electrons. The molecule has 0 aliphatic heterocycles. The van der Waals surface area contributed by atoms with Crippen molar-refractivity contribution in [2.75, 3.05) is 0 Å². The molecule has 0 bridgehead atoms. The molecule has 0 amide bonds. The van der Waals surface area contributed by atoms with Gasteiger partial charge in [0.1, 0.15) is 0 Å². The fourth-order valence-electron chi connectivity index (χ4n) is 3.12. The molecular formula is C17H23N3. The van der Waals surface area contributed by atoms with Crippen LogP contribution in [0.2, 0.25) is 0 Å². The summed E-state index contributed by atoms with van der Waals surface area (Å²) in [4.78, 5) is 0. The highest BCUT2D eigenvalue weighted by molar-refractivity contribution is 5.58. The van der Waals surface area contributed by atoms with Crippen molar-refractivity contribution >= 4 is 0 Å². The van der Waals surface area contributed by atoms with E-state index >= 15 is 0 Å². The molecule has 1 heterocycles. The van der Waals surface area contributed by atoms with Gasteiger partial charge in [0.05, 0.1) is 5.69 Å². The van der Waals surface area contributed by atoms with E-state index in [4.69, 9.17) is 0 Å². The quantitative estimate of drug-likeness (QED) is 0.868. The van der Waals surface area contributed by atoms with Crippen LogP contribution in [0.3, 0.4) is 0 Å². The molecule has 1 aliphatic carbocycles. The fourth-order valence-corrected chi connectivity index (χ4v) is 3.12. The number of nitrogens with zero attached hydrogens (tertiary/aromatic N) is 1. The lowest BCUT2D eigenvalue weighted by molar-refractivity contribution is 0.380. The first-order valence-corrected chi connectivity index (χ1v) is 7.65. The second kappa shape index (κ2) is 6.23. The maximum absolute atomic E-state index is 3.99. The van der Waals surface area contributed by atoms with Crippen molar-refractivity contribution in [3.8, 4) is 11.3 Å². The first kappa shape index (κ1) is 13.4. The Morgan fingerprint density at radius 2 is 1.95 bits per heavy atom. The highest BCUT2D eigenvalue weighted by Crippen LogP contribution is 2.27. The van der Waals surface area contributed by atoms with Crippen LogP contribution in [0.1, 0.15) is 38.2 Å². The summed E-state index contributed by atoms with van der Waals surface area (Å²) < 4.78 is 0. The predicted octanol–water partition coefficient (Wildman–Crippen LogP) is 3.75. The zero-order valence-corrected chi connectivity index (χ0v) is 12.1. The third-order valence-electron chi connectivity index (χ3n) is 4.50. The molecule has 0 spiro atoms. The van der Waals surface area contributed by atoms with Crippen LogP contribution in [0, 0.1) is 5.92 Å². The Morgan fingerprint density at radius 3 is 2.60 bits per heavy atom. The summed E-state index contributed by atoms with van der Waals surface area (Å²) in [6, 6.07) is 11.3. The van der Waals surface area contributed by atoms with Gasteiger partial charge in [0.2, 0.25) is 0 Å². The largest absolute Gasteiger partial charge is 0.310 e. The zero-order valence-electron chi connectivity index (χ0n) is 12.1. The second-order valence-electron chi connectivity index (χ2n) is 5.88. The molecule has 3 rings (SSSR count). The molecular weight excluding hydrogens is 246 g/mol. The molecule has 1 atom stereocenters. The molecule has 20 heavy (non-hydrogen) atoms. The third-order valence-corrected chi connectivity index (χ3v) is 4.50. The van der Waals surface area contributed by atoms with Crippen molar-refractivity contribution < 1.29 is 0 Å². The van der Waals surface area contributed by atoms with E-state index in [9.17, 15) is 0 Å². The molecule has 3 nitrogen and oxygen atoms in total. The summed E-state index contributed by atoms with van der Waals surface area (Å²) in [6.07, 6.45) is 7.40. The molecule has 1 saturated carbocycles. The van der Waals surface area contributed by atoms with Gasteiger partial charge in [0, 0.05) is 18.8 Å². The van der Waals surface area contributed by atoms with Gasteiger partial charge < -0.3 is 5.32 Å². The molecule has 1 aromatic carbocycles. The smallest absolute Gasteiger partial charge is 0.0650 e. The minimum absolute atomic E-state index is 0.629. The van der Waals surface area contributed by atoms with Crippen LogP contribution in [-0.2, 0) is 6.54 Å². The second-order valence-corrected chi connectivity index (χ2v) is 5.88. The summed E-state index contributed by atoms with van der Waals surface area (Å²) in [5.41, 5.74) is 3.61. The predicted molar refractivity (Wildman–Crippen MR) is 82.3 cm³/mol. The van der Waals surface area contributed by atoms with Crippen LogP contribution in [0.15, 0.2) is 36.5 Å². The van der Waals surface area contributed by atoms with E-state index in [1.807, 2.05) is 6.07 Å². The molecule has 1 aromatic heterocycles. The normalized spacial score (nSPS) is 17.4. The van der Waals surface area contributed by atoms with Crippen LogP contribution in [0.25, 0.3) is 11.3 Å². The van der Waals surface area contributed by atoms with Crippen molar-refractivity contribution in [2.24, 2.45) is 5.92 Å². The van der Waals surface area contributed by atoms with Crippen LogP contribution < -0.4 is 5.32 Å². The van der Waals surface area contributed by atoms with Crippen LogP contribution in [-0.4, -0.2) is 16.2 Å². The number of hydrogen-bond donors (Lipinski definition) is 2. The molecule has 1 fully saturated rings. The first-order chi connectivity index (χ1) is 9.83. The van der Waals surface area contributed by atoms with Crippen molar-refractivity contribution in [3.63, 3.8) is 0 Å². The van der Waals surface area contributed by atoms with Gasteiger partial charge in [-0.15, -0.1) is 0 Å². The van der Waals surface area contributed by atoms with Crippen molar-refractivity contribution in [2.45, 2.75) is 45.2 Å². The van der Waals surface area contributed by atoms with Gasteiger partial charge in [-0.25, -0.2) is 0 Å². The molecule has 3 heteroatoms. The van der Waals surface area contributed by atoms with Crippen LogP contribution >= 0.6 is 0 Å². The van der Waals surface area contributed by atoms with E-state index < -0.39 is 0 Å². The summed E-state index contributed by atoms with van der Waals surface area (Å²) >= 11 is 0. The third kappa shape index (κ3) is 3.10. The van der Waals surface area contributed by atoms with Gasteiger partial charge >= 0.3 is 0 Å². The lowest BCUT2D eigenvalue weighted by Crippen LogP contribution is -2.31. The number of aromatic amines is 1. The highest BCUT2D eigenvalue weighted by atomic mass is 15.1. The number of benzene rings is 1. The number of H-pyrrole nitrogens is 1. The SMILES string of the molecule is CC(NCc1ccc(-c2ccn[nH]2)cc1)C1CCCC1. The van der Waals surface area contributed by atoms with Gasteiger partial charge in [-0.1, -0.05) is 37.1 Å². The minimum Gasteiger partial charge on any atom is -0.310 e. The Kier molecular flexibility index (Phi) is 4.16. The van der Waals surface area contributed by atoms with Gasteiger partial charge in [-0.05, 0) is 42.9 Å². The zero-order chi connectivity index (χ0) is 13.8. The standard InChI is InChI=1S/C17H23N3/c1-13(15-4-2-3-5-15)18-12-14-6-8-16(9-7-14)17-10-11-19-20-17/h6-11,13,15,18H,2-5,12H2,1H3,(H,19,20). The highest BCUT2D eigenvalue weighted by Gasteiger charge is 2.20. The maximum Gasteiger partial charge on any atom is 0.0650 e. The topological polar surface area (TPSA) is 40.7 Å². The first-order valence-electron chi connectivity index (χ1n) is 7.65. The summed E-state index contributed by atoms with van der Waals surface area (Å²) in [7, 11) is 0. The van der Waals surface area contributed by atoms with Gasteiger partial charge in [0.25, 0.3) is 0 Å². The number of nitrogens with one attached hydrogen (secondary N) is 2. The molecule has 2 N–H and O–H groups in total. The van der Waals surface area contributed by atoms with E-state index in [0.717, 1.165) is 18.2 Å². The van der Waals surface area contributed by atoms with Crippen molar-refractivity contribution in [1.82, 2.24) is 15.5 Å². The average molecular weight is 269 g/mol.